The lowest BCUT2D eigenvalue weighted by atomic mass is 9.97. The Balaban J connectivity index is 2.18. The van der Waals surface area contributed by atoms with Crippen LogP contribution in [0.5, 0.6) is 11.5 Å². The molecule has 1 fully saturated rings. The molecule has 0 saturated carbocycles. The maximum absolute atomic E-state index is 12.7. The van der Waals surface area contributed by atoms with E-state index >= 15 is 0 Å². The van der Waals surface area contributed by atoms with Crippen LogP contribution in [-0.2, 0) is 0 Å². The first-order valence-electron chi connectivity index (χ1n) is 6.17. The minimum absolute atomic E-state index is 0.000693. The highest BCUT2D eigenvalue weighted by Gasteiger charge is 2.42. The van der Waals surface area contributed by atoms with Crippen LogP contribution in [0.3, 0.4) is 0 Å². The number of likely N-dealkylation sites (tertiary alicyclic amines) is 1. The molecule has 1 aliphatic heterocycles. The van der Waals surface area contributed by atoms with Gasteiger partial charge in [0.2, 0.25) is 0 Å². The summed E-state index contributed by atoms with van der Waals surface area (Å²) in [7, 11) is 0. The summed E-state index contributed by atoms with van der Waals surface area (Å²) in [5.41, 5.74) is -0.187. The van der Waals surface area contributed by atoms with Crippen molar-refractivity contribution >= 4 is 5.91 Å². The second kappa shape index (κ2) is 5.22. The van der Waals surface area contributed by atoms with Crippen LogP contribution in [0.4, 0.5) is 13.2 Å². The molecule has 1 unspecified atom stereocenters. The van der Waals surface area contributed by atoms with Crippen molar-refractivity contribution in [3.05, 3.63) is 23.8 Å². The average Bonchev–Trinajstić information content (AvgIpc) is 2.40. The molecular formula is C13H14F3NO3. The highest BCUT2D eigenvalue weighted by Crippen LogP contribution is 2.34. The maximum Gasteiger partial charge on any atom is 0.393 e. The van der Waals surface area contributed by atoms with Gasteiger partial charge in [0.15, 0.2) is 0 Å². The topological polar surface area (TPSA) is 60.8 Å². The lowest BCUT2D eigenvalue weighted by molar-refractivity contribution is -0.184. The van der Waals surface area contributed by atoms with E-state index in [2.05, 4.69) is 0 Å². The molecule has 20 heavy (non-hydrogen) atoms. The SMILES string of the molecule is O=C(c1cc(O)ccc1O)N1CCCC(C(F)(F)F)C1. The molecule has 1 atom stereocenters. The number of phenolic OH excluding ortho intramolecular Hbond substituents is 2. The van der Waals surface area contributed by atoms with Crippen LogP contribution >= 0.6 is 0 Å². The van der Waals surface area contributed by atoms with Crippen LogP contribution < -0.4 is 0 Å². The highest BCUT2D eigenvalue weighted by atomic mass is 19.4. The number of alkyl halides is 3. The first-order chi connectivity index (χ1) is 9.29. The van der Waals surface area contributed by atoms with Crippen molar-refractivity contribution in [2.45, 2.75) is 19.0 Å². The Morgan fingerprint density at radius 1 is 1.30 bits per heavy atom. The van der Waals surface area contributed by atoms with E-state index in [1.54, 1.807) is 0 Å². The molecular weight excluding hydrogens is 275 g/mol. The number of nitrogens with zero attached hydrogens (tertiary/aromatic N) is 1. The Bertz CT molecular complexity index is 516. The molecule has 4 nitrogen and oxygen atoms in total. The zero-order chi connectivity index (χ0) is 14.9. The largest absolute Gasteiger partial charge is 0.508 e. The van der Waals surface area contributed by atoms with Gasteiger partial charge in [-0.05, 0) is 31.0 Å². The van der Waals surface area contributed by atoms with E-state index in [0.29, 0.717) is 0 Å². The molecule has 1 aliphatic rings. The van der Waals surface area contributed by atoms with E-state index in [1.807, 2.05) is 0 Å². The first kappa shape index (κ1) is 14.5. The van der Waals surface area contributed by atoms with E-state index in [1.165, 1.54) is 6.07 Å². The second-order valence-electron chi connectivity index (χ2n) is 4.83. The van der Waals surface area contributed by atoms with Crippen LogP contribution in [0, 0.1) is 5.92 Å². The number of hydrogen-bond acceptors (Lipinski definition) is 3. The summed E-state index contributed by atoms with van der Waals surface area (Å²) in [6.45, 7) is -0.210. The molecule has 2 rings (SSSR count). The number of hydrogen-bond donors (Lipinski definition) is 2. The predicted molar refractivity (Wildman–Crippen MR) is 64.5 cm³/mol. The molecule has 0 spiro atoms. The van der Waals surface area contributed by atoms with E-state index in [0.717, 1.165) is 17.0 Å². The van der Waals surface area contributed by atoms with Crippen molar-refractivity contribution < 1.29 is 28.2 Å². The summed E-state index contributed by atoms with van der Waals surface area (Å²) in [6.07, 6.45) is -4.07. The molecule has 1 aromatic carbocycles. The fourth-order valence-electron chi connectivity index (χ4n) is 2.29. The summed E-state index contributed by atoms with van der Waals surface area (Å²) < 4.78 is 38.1. The highest BCUT2D eigenvalue weighted by molar-refractivity contribution is 5.97. The summed E-state index contributed by atoms with van der Waals surface area (Å²) in [6, 6.07) is 3.38. The Morgan fingerprint density at radius 2 is 2.00 bits per heavy atom. The lowest BCUT2D eigenvalue weighted by Gasteiger charge is -2.33. The zero-order valence-electron chi connectivity index (χ0n) is 10.5. The van der Waals surface area contributed by atoms with E-state index < -0.39 is 24.5 Å². The lowest BCUT2D eigenvalue weighted by Crippen LogP contribution is -2.44. The smallest absolute Gasteiger partial charge is 0.393 e. The minimum atomic E-state index is -4.33. The van der Waals surface area contributed by atoms with Crippen molar-refractivity contribution in [1.82, 2.24) is 4.90 Å². The van der Waals surface area contributed by atoms with Crippen molar-refractivity contribution in [2.24, 2.45) is 5.92 Å². The Kier molecular flexibility index (Phi) is 3.78. The van der Waals surface area contributed by atoms with Crippen molar-refractivity contribution in [1.29, 1.82) is 0 Å². The number of halogens is 3. The molecule has 1 saturated heterocycles. The van der Waals surface area contributed by atoms with Gasteiger partial charge < -0.3 is 15.1 Å². The van der Waals surface area contributed by atoms with Crippen LogP contribution in [-0.4, -0.2) is 40.3 Å². The number of rotatable bonds is 1. The molecule has 0 radical (unpaired) electrons. The average molecular weight is 289 g/mol. The van der Waals surface area contributed by atoms with Crippen molar-refractivity contribution in [3.8, 4) is 11.5 Å². The number of carbonyl (C=O) groups is 1. The van der Waals surface area contributed by atoms with Gasteiger partial charge in [-0.2, -0.15) is 13.2 Å². The van der Waals surface area contributed by atoms with E-state index in [4.69, 9.17) is 0 Å². The molecule has 0 aromatic heterocycles. The fraction of sp³-hybridized carbons (Fsp3) is 0.462. The molecule has 0 bridgehead atoms. The van der Waals surface area contributed by atoms with Crippen LogP contribution in [0.25, 0.3) is 0 Å². The summed E-state index contributed by atoms with van der Waals surface area (Å²) in [4.78, 5) is 13.2. The second-order valence-corrected chi connectivity index (χ2v) is 4.83. The summed E-state index contributed by atoms with van der Waals surface area (Å²) in [5.74, 6) is -2.83. The third-order valence-electron chi connectivity index (χ3n) is 3.38. The molecule has 1 amide bonds. The number of amides is 1. The van der Waals surface area contributed by atoms with Gasteiger partial charge in [-0.3, -0.25) is 4.79 Å². The van der Waals surface area contributed by atoms with Crippen LogP contribution in [0.1, 0.15) is 23.2 Å². The summed E-state index contributed by atoms with van der Waals surface area (Å²) in [5, 5.41) is 18.9. The van der Waals surface area contributed by atoms with Crippen LogP contribution in [0.15, 0.2) is 18.2 Å². The molecule has 0 aliphatic carbocycles. The zero-order valence-corrected chi connectivity index (χ0v) is 10.5. The third-order valence-corrected chi connectivity index (χ3v) is 3.38. The Labute approximate surface area is 113 Å². The van der Waals surface area contributed by atoms with E-state index in [9.17, 15) is 28.2 Å². The normalized spacial score (nSPS) is 19.9. The van der Waals surface area contributed by atoms with Gasteiger partial charge in [-0.25, -0.2) is 0 Å². The predicted octanol–water partition coefficient (Wildman–Crippen LogP) is 2.51. The standard InChI is InChI=1S/C13H14F3NO3/c14-13(15,16)8-2-1-5-17(7-8)12(20)10-6-9(18)3-4-11(10)19/h3-4,6,8,18-19H,1-2,5,7H2. The van der Waals surface area contributed by atoms with Crippen molar-refractivity contribution in [2.75, 3.05) is 13.1 Å². The van der Waals surface area contributed by atoms with Crippen molar-refractivity contribution in [3.63, 3.8) is 0 Å². The summed E-state index contributed by atoms with van der Waals surface area (Å²) >= 11 is 0. The number of phenols is 2. The number of piperidine rings is 1. The monoisotopic (exact) mass is 289 g/mol. The molecule has 1 aromatic rings. The molecule has 2 N–H and O–H groups in total. The van der Waals surface area contributed by atoms with Gasteiger partial charge in [-0.15, -0.1) is 0 Å². The van der Waals surface area contributed by atoms with E-state index in [-0.39, 0.29) is 36.4 Å². The van der Waals surface area contributed by atoms with Gasteiger partial charge in [-0.1, -0.05) is 0 Å². The molecule has 110 valence electrons. The van der Waals surface area contributed by atoms with Crippen LogP contribution in [0.2, 0.25) is 0 Å². The quantitative estimate of drug-likeness (QED) is 0.781. The Hall–Kier alpha value is -1.92. The fourth-order valence-corrected chi connectivity index (χ4v) is 2.29. The molecule has 7 heteroatoms. The minimum Gasteiger partial charge on any atom is -0.508 e. The Morgan fingerprint density at radius 3 is 2.65 bits per heavy atom. The third kappa shape index (κ3) is 2.97. The molecule has 1 heterocycles. The number of benzene rings is 1. The van der Waals surface area contributed by atoms with Gasteiger partial charge in [0, 0.05) is 13.1 Å². The first-order valence-corrected chi connectivity index (χ1v) is 6.17. The number of carbonyl (C=O) groups excluding carboxylic acids is 1. The van der Waals surface area contributed by atoms with Gasteiger partial charge in [0.25, 0.3) is 5.91 Å². The maximum atomic E-state index is 12.7. The van der Waals surface area contributed by atoms with Gasteiger partial charge in [0.1, 0.15) is 11.5 Å². The number of aromatic hydroxyl groups is 2. The van der Waals surface area contributed by atoms with Gasteiger partial charge in [0.05, 0.1) is 11.5 Å². The van der Waals surface area contributed by atoms with Gasteiger partial charge >= 0.3 is 6.18 Å².